The van der Waals surface area contributed by atoms with Crippen molar-refractivity contribution in [1.82, 2.24) is 14.8 Å². The van der Waals surface area contributed by atoms with E-state index in [1.807, 2.05) is 0 Å². The zero-order chi connectivity index (χ0) is 23.9. The highest BCUT2D eigenvalue weighted by Gasteiger charge is 2.35. The normalized spacial score (nSPS) is 14.5. The lowest BCUT2D eigenvalue weighted by Gasteiger charge is -2.31. The topological polar surface area (TPSA) is 106 Å². The molecule has 1 atom stereocenters. The van der Waals surface area contributed by atoms with E-state index in [0.29, 0.717) is 10.6 Å². The number of nitrogens with one attached hydrogen (secondary N) is 1. The number of fused-ring (bicyclic) bond motifs is 1. The molecule has 0 fully saturated rings. The molecular weight excluding hydrogens is 463 g/mol. The Balaban J connectivity index is 1.50. The van der Waals surface area contributed by atoms with E-state index in [9.17, 15) is 27.6 Å². The fraction of sp³-hybridized carbons (Fsp3) is 0.250. The second-order valence-electron chi connectivity index (χ2n) is 7.19. The number of halogens is 3. The summed E-state index contributed by atoms with van der Waals surface area (Å²) in [5, 5.41) is 8.38. The van der Waals surface area contributed by atoms with Crippen molar-refractivity contribution in [2.75, 3.05) is 16.8 Å². The lowest BCUT2D eigenvalue weighted by Crippen LogP contribution is -2.47. The zero-order valence-electron chi connectivity index (χ0n) is 17.2. The highest BCUT2D eigenvalue weighted by molar-refractivity contribution is 7.13. The molecule has 0 aliphatic carbocycles. The number of benzene rings is 1. The third-order valence-electron chi connectivity index (χ3n) is 4.75. The third kappa shape index (κ3) is 4.58. The van der Waals surface area contributed by atoms with Crippen molar-refractivity contribution in [3.05, 3.63) is 47.2 Å². The molecule has 3 aromatic rings. The Morgan fingerprint density at radius 1 is 1.30 bits per heavy atom. The molecule has 2 amide bonds. The molecule has 0 spiro atoms. The molecule has 0 saturated carbocycles. The van der Waals surface area contributed by atoms with Crippen LogP contribution in [0.2, 0.25) is 0 Å². The van der Waals surface area contributed by atoms with Crippen molar-refractivity contribution < 1.29 is 32.3 Å². The lowest BCUT2D eigenvalue weighted by molar-refractivity contribution is -0.137. The number of nitrogens with zero attached hydrogens (tertiary/aromatic N) is 4. The van der Waals surface area contributed by atoms with Gasteiger partial charge in [-0.3, -0.25) is 19.2 Å². The van der Waals surface area contributed by atoms with E-state index in [1.54, 1.807) is 24.1 Å². The van der Waals surface area contributed by atoms with Gasteiger partial charge in [-0.1, -0.05) is 0 Å². The summed E-state index contributed by atoms with van der Waals surface area (Å²) in [5.74, 6) is -2.28. The maximum absolute atomic E-state index is 13.0. The summed E-state index contributed by atoms with van der Waals surface area (Å²) in [6.45, 7) is 0.881. The van der Waals surface area contributed by atoms with Crippen LogP contribution in [0.4, 0.5) is 24.5 Å². The van der Waals surface area contributed by atoms with Gasteiger partial charge in [0.25, 0.3) is 5.91 Å². The van der Waals surface area contributed by atoms with Crippen molar-refractivity contribution in [2.24, 2.45) is 7.05 Å². The van der Waals surface area contributed by atoms with Crippen LogP contribution in [0.1, 0.15) is 23.0 Å². The summed E-state index contributed by atoms with van der Waals surface area (Å²) in [7, 11) is 1.74. The first kappa shape index (κ1) is 22.5. The number of ether oxygens (including phenoxy) is 1. The predicted octanol–water partition coefficient (Wildman–Crippen LogP) is 3.09. The molecule has 13 heteroatoms. The first-order valence-electron chi connectivity index (χ1n) is 9.51. The van der Waals surface area contributed by atoms with Gasteiger partial charge in [0.2, 0.25) is 5.91 Å². The molecule has 33 heavy (non-hydrogen) atoms. The summed E-state index contributed by atoms with van der Waals surface area (Å²) in [5.41, 5.74) is -0.357. The van der Waals surface area contributed by atoms with E-state index in [1.165, 1.54) is 23.6 Å². The molecule has 1 aromatic carbocycles. The standard InChI is InChI=1S/C20H16F3N5O4S/c1-10(32-19(31)14-9-33-17(26-14)11-6-24-27(2)7-11)18(30)28-8-16(29)25-13-5-12(20(21,22)23)3-4-15(13)28/h3-7,9-10H,8H2,1-2H3,(H,25,29). The molecule has 172 valence electrons. The van der Waals surface area contributed by atoms with Crippen molar-refractivity contribution in [3.8, 4) is 10.6 Å². The number of thiazole rings is 1. The van der Waals surface area contributed by atoms with Crippen LogP contribution in [-0.2, 0) is 27.5 Å². The smallest absolute Gasteiger partial charge is 0.416 e. The van der Waals surface area contributed by atoms with Gasteiger partial charge in [0.1, 0.15) is 11.6 Å². The van der Waals surface area contributed by atoms with Gasteiger partial charge in [-0.15, -0.1) is 11.3 Å². The summed E-state index contributed by atoms with van der Waals surface area (Å²) < 4.78 is 45.8. The summed E-state index contributed by atoms with van der Waals surface area (Å²) in [6, 6.07) is 2.64. The Morgan fingerprint density at radius 3 is 2.73 bits per heavy atom. The van der Waals surface area contributed by atoms with Gasteiger partial charge >= 0.3 is 12.1 Å². The molecule has 1 aliphatic heterocycles. The Labute approximate surface area is 188 Å². The largest absolute Gasteiger partial charge is 0.448 e. The van der Waals surface area contributed by atoms with Crippen molar-refractivity contribution >= 4 is 40.5 Å². The van der Waals surface area contributed by atoms with Gasteiger partial charge in [-0.25, -0.2) is 9.78 Å². The number of esters is 1. The van der Waals surface area contributed by atoms with E-state index in [-0.39, 0.29) is 17.1 Å². The first-order chi connectivity index (χ1) is 15.5. The molecule has 4 rings (SSSR count). The highest BCUT2D eigenvalue weighted by Crippen LogP contribution is 2.37. The van der Waals surface area contributed by atoms with Crippen molar-refractivity contribution in [2.45, 2.75) is 19.2 Å². The number of anilines is 2. The Hall–Kier alpha value is -3.74. The van der Waals surface area contributed by atoms with Gasteiger partial charge in [0, 0.05) is 24.2 Å². The molecule has 9 nitrogen and oxygen atoms in total. The molecule has 0 radical (unpaired) electrons. The van der Waals surface area contributed by atoms with Crippen LogP contribution < -0.4 is 10.2 Å². The maximum atomic E-state index is 13.0. The number of carbonyl (C=O) groups is 3. The number of rotatable bonds is 4. The van der Waals surface area contributed by atoms with Crippen molar-refractivity contribution in [3.63, 3.8) is 0 Å². The van der Waals surface area contributed by atoms with Gasteiger partial charge in [0.05, 0.1) is 23.1 Å². The maximum Gasteiger partial charge on any atom is 0.416 e. The van der Waals surface area contributed by atoms with E-state index in [4.69, 9.17) is 4.74 Å². The predicted molar refractivity (Wildman–Crippen MR) is 112 cm³/mol. The number of aryl methyl sites for hydroxylation is 1. The SMILES string of the molecule is CC(OC(=O)c1csc(-c2cnn(C)c2)n1)C(=O)N1CC(=O)Nc2cc(C(F)(F)F)ccc21. The number of aromatic nitrogens is 3. The van der Waals surface area contributed by atoms with Crippen molar-refractivity contribution in [1.29, 1.82) is 0 Å². The molecule has 0 saturated heterocycles. The fourth-order valence-corrected chi connectivity index (χ4v) is 3.95. The van der Waals surface area contributed by atoms with Gasteiger partial charge < -0.3 is 10.1 Å². The lowest BCUT2D eigenvalue weighted by atomic mass is 10.1. The minimum absolute atomic E-state index is 0.00916. The Morgan fingerprint density at radius 2 is 2.06 bits per heavy atom. The molecule has 3 heterocycles. The second kappa shape index (κ2) is 8.31. The number of alkyl halides is 3. The minimum Gasteiger partial charge on any atom is -0.448 e. The quantitative estimate of drug-likeness (QED) is 0.577. The van der Waals surface area contributed by atoms with Gasteiger partial charge in [0.15, 0.2) is 11.8 Å². The monoisotopic (exact) mass is 479 g/mol. The third-order valence-corrected chi connectivity index (χ3v) is 5.64. The van der Waals surface area contributed by atoms with Crippen LogP contribution in [0.15, 0.2) is 36.0 Å². The number of amides is 2. The van der Waals surface area contributed by atoms with E-state index in [2.05, 4.69) is 15.4 Å². The summed E-state index contributed by atoms with van der Waals surface area (Å²) in [4.78, 5) is 42.6. The fourth-order valence-electron chi connectivity index (χ4n) is 3.19. The average molecular weight is 479 g/mol. The number of carbonyl (C=O) groups excluding carboxylic acids is 3. The van der Waals surface area contributed by atoms with Crippen LogP contribution in [-0.4, -0.2) is 45.2 Å². The van der Waals surface area contributed by atoms with E-state index in [0.717, 1.165) is 23.1 Å². The Kier molecular flexibility index (Phi) is 5.66. The van der Waals surface area contributed by atoms with Gasteiger partial charge in [-0.05, 0) is 25.1 Å². The first-order valence-corrected chi connectivity index (χ1v) is 10.4. The number of hydrogen-bond donors (Lipinski definition) is 1. The molecule has 1 unspecified atom stereocenters. The van der Waals surface area contributed by atoms with E-state index >= 15 is 0 Å². The summed E-state index contributed by atoms with van der Waals surface area (Å²) in [6.07, 6.45) is -2.62. The molecular formula is C20H16F3N5O4S. The Bertz CT molecular complexity index is 1250. The van der Waals surface area contributed by atoms with Gasteiger partial charge in [-0.2, -0.15) is 18.3 Å². The van der Waals surface area contributed by atoms with Crippen LogP contribution in [0.25, 0.3) is 10.6 Å². The average Bonchev–Trinajstić information content (AvgIpc) is 3.40. The second-order valence-corrected chi connectivity index (χ2v) is 8.05. The number of hydrogen-bond acceptors (Lipinski definition) is 7. The molecule has 1 aliphatic rings. The minimum atomic E-state index is -4.61. The van der Waals surface area contributed by atoms with Crippen LogP contribution >= 0.6 is 11.3 Å². The molecule has 1 N–H and O–H groups in total. The highest BCUT2D eigenvalue weighted by atomic mass is 32.1. The van der Waals surface area contributed by atoms with Crippen LogP contribution in [0, 0.1) is 0 Å². The van der Waals surface area contributed by atoms with Crippen LogP contribution in [0.3, 0.4) is 0 Å². The molecule has 2 aromatic heterocycles. The van der Waals surface area contributed by atoms with E-state index < -0.39 is 42.2 Å². The zero-order valence-corrected chi connectivity index (χ0v) is 18.0. The summed E-state index contributed by atoms with van der Waals surface area (Å²) >= 11 is 1.20. The van der Waals surface area contributed by atoms with Crippen LogP contribution in [0.5, 0.6) is 0 Å². The molecule has 0 bridgehead atoms.